The first-order chi connectivity index (χ1) is 12.0. The van der Waals surface area contributed by atoms with E-state index in [0.29, 0.717) is 24.1 Å². The maximum absolute atomic E-state index is 12.6. The molecule has 134 valence electrons. The zero-order valence-electron chi connectivity index (χ0n) is 15.2. The summed E-state index contributed by atoms with van der Waals surface area (Å²) in [5.74, 6) is 1.69. The summed E-state index contributed by atoms with van der Waals surface area (Å²) in [6.07, 6.45) is 1.19. The minimum atomic E-state index is -0.00336. The van der Waals surface area contributed by atoms with Gasteiger partial charge in [-0.25, -0.2) is 0 Å². The molecule has 5 heteroatoms. The van der Waals surface area contributed by atoms with Crippen molar-refractivity contribution in [1.82, 2.24) is 9.47 Å². The second kappa shape index (κ2) is 7.65. The lowest BCUT2D eigenvalue weighted by atomic mass is 9.92. The van der Waals surface area contributed by atoms with Crippen LogP contribution >= 0.6 is 11.8 Å². The summed E-state index contributed by atoms with van der Waals surface area (Å²) in [7, 11) is 0. The highest BCUT2D eigenvalue weighted by Crippen LogP contribution is 2.28. The molecule has 1 aliphatic rings. The molecule has 0 bridgehead atoms. The lowest BCUT2D eigenvalue weighted by Gasteiger charge is -2.35. The van der Waals surface area contributed by atoms with E-state index in [1.54, 1.807) is 10.6 Å². The van der Waals surface area contributed by atoms with E-state index in [1.807, 2.05) is 36.1 Å². The van der Waals surface area contributed by atoms with Crippen LogP contribution in [0.25, 0.3) is 10.9 Å². The molecule has 2 unspecified atom stereocenters. The molecule has 1 fully saturated rings. The Bertz CT molecular complexity index is 820. The maximum atomic E-state index is 12.6. The number of nitrogens with zero attached hydrogens (tertiary/aromatic N) is 2. The van der Waals surface area contributed by atoms with E-state index in [0.717, 1.165) is 28.9 Å². The molecule has 0 radical (unpaired) electrons. The van der Waals surface area contributed by atoms with E-state index in [1.165, 1.54) is 18.2 Å². The fourth-order valence-electron chi connectivity index (χ4n) is 3.85. The van der Waals surface area contributed by atoms with Gasteiger partial charge in [0.15, 0.2) is 0 Å². The van der Waals surface area contributed by atoms with Crippen LogP contribution in [0.5, 0.6) is 0 Å². The van der Waals surface area contributed by atoms with E-state index in [2.05, 4.69) is 13.8 Å². The Morgan fingerprint density at radius 1 is 1.20 bits per heavy atom. The summed E-state index contributed by atoms with van der Waals surface area (Å²) < 4.78 is 1.77. The first-order valence-corrected chi connectivity index (χ1v) is 10.0. The molecule has 2 heterocycles. The van der Waals surface area contributed by atoms with Gasteiger partial charge in [-0.2, -0.15) is 0 Å². The maximum Gasteiger partial charge on any atom is 0.252 e. The molecule has 1 aromatic heterocycles. The number of aryl methyl sites for hydroxylation is 1. The van der Waals surface area contributed by atoms with Gasteiger partial charge in [-0.05, 0) is 31.2 Å². The Hall–Kier alpha value is -1.75. The monoisotopic (exact) mass is 358 g/mol. The van der Waals surface area contributed by atoms with Gasteiger partial charge in [0.2, 0.25) is 5.91 Å². The number of rotatable bonds is 4. The van der Waals surface area contributed by atoms with Crippen molar-refractivity contribution in [1.29, 1.82) is 0 Å². The van der Waals surface area contributed by atoms with E-state index in [4.69, 9.17) is 0 Å². The Balaban J connectivity index is 1.80. The van der Waals surface area contributed by atoms with Crippen molar-refractivity contribution in [2.24, 2.45) is 11.8 Å². The largest absolute Gasteiger partial charge is 0.341 e. The summed E-state index contributed by atoms with van der Waals surface area (Å²) in [5, 5.41) is 1.04. The quantitative estimate of drug-likeness (QED) is 0.784. The van der Waals surface area contributed by atoms with Crippen LogP contribution in [0, 0.1) is 11.8 Å². The molecule has 0 saturated carbocycles. The van der Waals surface area contributed by atoms with Crippen LogP contribution in [-0.4, -0.2) is 34.2 Å². The second-order valence-electron chi connectivity index (χ2n) is 7.14. The lowest BCUT2D eigenvalue weighted by molar-refractivity contribution is -0.130. The summed E-state index contributed by atoms with van der Waals surface area (Å²) >= 11 is 1.48. The van der Waals surface area contributed by atoms with Crippen LogP contribution in [0.15, 0.2) is 40.0 Å². The zero-order chi connectivity index (χ0) is 18.0. The predicted molar refractivity (Wildman–Crippen MR) is 104 cm³/mol. The number of aromatic nitrogens is 1. The summed E-state index contributed by atoms with van der Waals surface area (Å²) in [6, 6.07) is 9.60. The molecule has 0 spiro atoms. The third-order valence-electron chi connectivity index (χ3n) is 4.87. The molecule has 1 aromatic carbocycles. The molecule has 1 saturated heterocycles. The van der Waals surface area contributed by atoms with Crippen LogP contribution in [0.4, 0.5) is 0 Å². The number of carbonyl (C=O) groups is 1. The minimum absolute atomic E-state index is 0.00336. The van der Waals surface area contributed by atoms with E-state index in [9.17, 15) is 9.59 Å². The molecule has 0 N–H and O–H groups in total. The molecular formula is C20H26N2O2S. The summed E-state index contributed by atoms with van der Waals surface area (Å²) in [5.41, 5.74) is 0.934. The molecule has 4 nitrogen and oxygen atoms in total. The third kappa shape index (κ3) is 3.92. The second-order valence-corrected chi connectivity index (χ2v) is 8.16. The Morgan fingerprint density at radius 3 is 2.56 bits per heavy atom. The number of hydrogen-bond acceptors (Lipinski definition) is 3. The third-order valence-corrected chi connectivity index (χ3v) is 5.91. The van der Waals surface area contributed by atoms with Gasteiger partial charge in [-0.3, -0.25) is 9.59 Å². The Kier molecular flexibility index (Phi) is 5.52. The smallest absolute Gasteiger partial charge is 0.252 e. The minimum Gasteiger partial charge on any atom is -0.341 e. The molecule has 25 heavy (non-hydrogen) atoms. The van der Waals surface area contributed by atoms with Gasteiger partial charge >= 0.3 is 0 Å². The Morgan fingerprint density at radius 2 is 1.88 bits per heavy atom. The first kappa shape index (κ1) is 18.1. The summed E-state index contributed by atoms with van der Waals surface area (Å²) in [4.78, 5) is 27.9. The van der Waals surface area contributed by atoms with Crippen molar-refractivity contribution in [2.75, 3.05) is 18.8 Å². The van der Waals surface area contributed by atoms with E-state index in [-0.39, 0.29) is 11.5 Å². The number of piperidine rings is 1. The number of pyridine rings is 1. The van der Waals surface area contributed by atoms with Crippen molar-refractivity contribution >= 4 is 28.6 Å². The van der Waals surface area contributed by atoms with Crippen LogP contribution in [0.2, 0.25) is 0 Å². The Labute approximate surface area is 153 Å². The van der Waals surface area contributed by atoms with Crippen LogP contribution in [0.3, 0.4) is 0 Å². The SMILES string of the molecule is CCn1c(=O)cc(SCC(=O)N2CC(C)CC(C)C2)c2ccccc21. The lowest BCUT2D eigenvalue weighted by Crippen LogP contribution is -2.43. The molecule has 1 aliphatic heterocycles. The molecule has 1 amide bonds. The molecule has 0 aliphatic carbocycles. The number of para-hydroxylation sites is 1. The fourth-order valence-corrected chi connectivity index (χ4v) is 4.82. The van der Waals surface area contributed by atoms with Crippen LogP contribution in [-0.2, 0) is 11.3 Å². The normalized spacial score (nSPS) is 20.8. The van der Waals surface area contributed by atoms with Crippen LogP contribution in [0.1, 0.15) is 27.2 Å². The van der Waals surface area contributed by atoms with Gasteiger partial charge in [0, 0.05) is 36.0 Å². The first-order valence-electron chi connectivity index (χ1n) is 9.02. The molecular weight excluding hydrogens is 332 g/mol. The van der Waals surface area contributed by atoms with Crippen molar-refractivity contribution in [3.05, 3.63) is 40.7 Å². The van der Waals surface area contributed by atoms with Gasteiger partial charge in [0.05, 0.1) is 11.3 Å². The number of likely N-dealkylation sites (tertiary alicyclic amines) is 1. The molecule has 3 rings (SSSR count). The number of thioether (sulfide) groups is 1. The highest BCUT2D eigenvalue weighted by atomic mass is 32.2. The highest BCUT2D eigenvalue weighted by molar-refractivity contribution is 8.00. The molecule has 2 atom stereocenters. The van der Waals surface area contributed by atoms with E-state index < -0.39 is 0 Å². The van der Waals surface area contributed by atoms with Gasteiger partial charge < -0.3 is 9.47 Å². The van der Waals surface area contributed by atoms with Gasteiger partial charge in [0.25, 0.3) is 5.56 Å². The average molecular weight is 359 g/mol. The van der Waals surface area contributed by atoms with Gasteiger partial charge in [-0.15, -0.1) is 11.8 Å². The van der Waals surface area contributed by atoms with Crippen molar-refractivity contribution in [3.8, 4) is 0 Å². The van der Waals surface area contributed by atoms with Crippen molar-refractivity contribution in [3.63, 3.8) is 0 Å². The highest BCUT2D eigenvalue weighted by Gasteiger charge is 2.25. The standard InChI is InChI=1S/C20H26N2O2S/c1-4-22-17-8-6-5-7-16(17)18(10-19(22)23)25-13-20(24)21-11-14(2)9-15(3)12-21/h5-8,10,14-15H,4,9,11-13H2,1-3H3. The topological polar surface area (TPSA) is 42.3 Å². The van der Waals surface area contributed by atoms with Crippen molar-refractivity contribution in [2.45, 2.75) is 38.6 Å². The van der Waals surface area contributed by atoms with Gasteiger partial charge in [-0.1, -0.05) is 32.0 Å². The summed E-state index contributed by atoms with van der Waals surface area (Å²) in [6.45, 7) is 8.74. The number of fused-ring (bicyclic) bond motifs is 1. The van der Waals surface area contributed by atoms with E-state index >= 15 is 0 Å². The number of amides is 1. The molecule has 2 aromatic rings. The number of hydrogen-bond donors (Lipinski definition) is 0. The average Bonchev–Trinajstić information content (AvgIpc) is 2.58. The van der Waals surface area contributed by atoms with Crippen molar-refractivity contribution < 1.29 is 4.79 Å². The number of carbonyl (C=O) groups excluding carboxylic acids is 1. The fraction of sp³-hybridized carbons (Fsp3) is 0.500. The predicted octanol–water partition coefficient (Wildman–Crippen LogP) is 3.62. The van der Waals surface area contributed by atoms with Gasteiger partial charge in [0.1, 0.15) is 0 Å². The van der Waals surface area contributed by atoms with Crippen LogP contribution < -0.4 is 5.56 Å². The zero-order valence-corrected chi connectivity index (χ0v) is 16.0. The number of benzene rings is 1.